The number of hydrogen-bond acceptors (Lipinski definition) is 2. The predicted octanol–water partition coefficient (Wildman–Crippen LogP) is 3.10. The zero-order chi connectivity index (χ0) is 12.8. The molecule has 104 valence electrons. The standard InChI is InChI=1S/C14H23F2NO/c15-14(16)5-1-2-10(9-14)8-13(17)6-7-18-12(13)11-3-4-11/h10-12H,1-9,17H2. The van der Waals surface area contributed by atoms with Crippen molar-refractivity contribution in [1.29, 1.82) is 0 Å². The molecule has 1 aliphatic heterocycles. The van der Waals surface area contributed by atoms with Gasteiger partial charge in [-0.1, -0.05) is 0 Å². The fourth-order valence-corrected chi connectivity index (χ4v) is 3.89. The van der Waals surface area contributed by atoms with Crippen molar-refractivity contribution >= 4 is 0 Å². The van der Waals surface area contributed by atoms with Gasteiger partial charge in [0.15, 0.2) is 0 Å². The third-order valence-electron chi connectivity index (χ3n) is 4.89. The second-order valence-corrected chi connectivity index (χ2v) is 6.63. The van der Waals surface area contributed by atoms with Crippen molar-refractivity contribution in [2.45, 2.75) is 68.9 Å². The maximum absolute atomic E-state index is 13.4. The van der Waals surface area contributed by atoms with Crippen LogP contribution in [0.15, 0.2) is 0 Å². The zero-order valence-electron chi connectivity index (χ0n) is 10.8. The fraction of sp³-hybridized carbons (Fsp3) is 1.00. The van der Waals surface area contributed by atoms with Crippen LogP contribution in [0.5, 0.6) is 0 Å². The number of rotatable bonds is 3. The van der Waals surface area contributed by atoms with Gasteiger partial charge in [0.1, 0.15) is 0 Å². The maximum atomic E-state index is 13.4. The van der Waals surface area contributed by atoms with E-state index in [1.165, 1.54) is 12.8 Å². The van der Waals surface area contributed by atoms with Gasteiger partial charge in [-0.3, -0.25) is 0 Å². The van der Waals surface area contributed by atoms with E-state index in [9.17, 15) is 8.78 Å². The topological polar surface area (TPSA) is 35.2 Å². The van der Waals surface area contributed by atoms with Gasteiger partial charge in [-0.05, 0) is 50.4 Å². The van der Waals surface area contributed by atoms with Crippen LogP contribution in [-0.4, -0.2) is 24.2 Å². The summed E-state index contributed by atoms with van der Waals surface area (Å²) in [5, 5.41) is 0. The summed E-state index contributed by atoms with van der Waals surface area (Å²) >= 11 is 0. The lowest BCUT2D eigenvalue weighted by atomic mass is 9.75. The van der Waals surface area contributed by atoms with Crippen LogP contribution in [0, 0.1) is 11.8 Å². The zero-order valence-corrected chi connectivity index (χ0v) is 10.8. The smallest absolute Gasteiger partial charge is 0.248 e. The molecule has 18 heavy (non-hydrogen) atoms. The molecular weight excluding hydrogens is 236 g/mol. The van der Waals surface area contributed by atoms with Gasteiger partial charge in [-0.25, -0.2) is 8.78 Å². The van der Waals surface area contributed by atoms with Crippen molar-refractivity contribution in [3.05, 3.63) is 0 Å². The van der Waals surface area contributed by atoms with Gasteiger partial charge in [0, 0.05) is 25.0 Å². The van der Waals surface area contributed by atoms with Crippen molar-refractivity contribution < 1.29 is 13.5 Å². The normalized spacial score (nSPS) is 44.2. The van der Waals surface area contributed by atoms with Gasteiger partial charge in [-0.2, -0.15) is 0 Å². The molecule has 2 saturated carbocycles. The highest BCUT2D eigenvalue weighted by Gasteiger charge is 2.50. The van der Waals surface area contributed by atoms with Gasteiger partial charge in [0.05, 0.1) is 6.10 Å². The summed E-state index contributed by atoms with van der Waals surface area (Å²) in [5.41, 5.74) is 6.16. The Hall–Kier alpha value is -0.220. The van der Waals surface area contributed by atoms with Crippen molar-refractivity contribution in [2.24, 2.45) is 17.6 Å². The second-order valence-electron chi connectivity index (χ2n) is 6.63. The third kappa shape index (κ3) is 2.55. The molecule has 0 aromatic carbocycles. The van der Waals surface area contributed by atoms with Crippen LogP contribution in [0.2, 0.25) is 0 Å². The molecule has 2 N–H and O–H groups in total. The van der Waals surface area contributed by atoms with Crippen LogP contribution >= 0.6 is 0 Å². The molecular formula is C14H23F2NO. The van der Waals surface area contributed by atoms with Gasteiger partial charge in [-0.15, -0.1) is 0 Å². The molecule has 1 saturated heterocycles. The molecule has 0 bridgehead atoms. The van der Waals surface area contributed by atoms with Gasteiger partial charge >= 0.3 is 0 Å². The highest BCUT2D eigenvalue weighted by Crippen LogP contribution is 2.47. The molecule has 0 radical (unpaired) electrons. The summed E-state index contributed by atoms with van der Waals surface area (Å²) in [4.78, 5) is 0. The maximum Gasteiger partial charge on any atom is 0.248 e. The lowest BCUT2D eigenvalue weighted by Gasteiger charge is -2.37. The monoisotopic (exact) mass is 259 g/mol. The molecule has 0 amide bonds. The molecule has 2 aliphatic carbocycles. The van der Waals surface area contributed by atoms with Crippen LogP contribution in [0.3, 0.4) is 0 Å². The number of hydrogen-bond donors (Lipinski definition) is 1. The molecule has 0 aromatic rings. The first-order valence-electron chi connectivity index (χ1n) is 7.27. The molecule has 3 aliphatic rings. The van der Waals surface area contributed by atoms with E-state index in [4.69, 9.17) is 10.5 Å². The largest absolute Gasteiger partial charge is 0.376 e. The summed E-state index contributed by atoms with van der Waals surface area (Å²) in [6, 6.07) is 0. The summed E-state index contributed by atoms with van der Waals surface area (Å²) in [6.45, 7) is 0.709. The summed E-state index contributed by atoms with van der Waals surface area (Å²) in [5.74, 6) is -1.78. The van der Waals surface area contributed by atoms with E-state index in [2.05, 4.69) is 0 Å². The van der Waals surface area contributed by atoms with Gasteiger partial charge in [0.25, 0.3) is 0 Å². The van der Waals surface area contributed by atoms with Crippen molar-refractivity contribution in [2.75, 3.05) is 6.61 Å². The van der Waals surface area contributed by atoms with E-state index in [1.807, 2.05) is 0 Å². The number of halogens is 2. The molecule has 3 atom stereocenters. The SMILES string of the molecule is NC1(CC2CCCC(F)(F)C2)CCOC1C1CC1. The molecule has 0 spiro atoms. The van der Waals surface area contributed by atoms with Crippen LogP contribution in [0.4, 0.5) is 8.78 Å². The summed E-state index contributed by atoms with van der Waals surface area (Å²) in [6.07, 6.45) is 5.74. The van der Waals surface area contributed by atoms with E-state index in [0.29, 0.717) is 18.9 Å². The van der Waals surface area contributed by atoms with Crippen molar-refractivity contribution in [3.8, 4) is 0 Å². The Morgan fingerprint density at radius 1 is 1.17 bits per heavy atom. The lowest BCUT2D eigenvalue weighted by Crippen LogP contribution is -2.50. The van der Waals surface area contributed by atoms with Crippen molar-refractivity contribution in [3.63, 3.8) is 0 Å². The minimum Gasteiger partial charge on any atom is -0.376 e. The summed E-state index contributed by atoms with van der Waals surface area (Å²) < 4.78 is 32.7. The molecule has 4 heteroatoms. The first kappa shape index (κ1) is 12.8. The number of ether oxygens (including phenoxy) is 1. The first-order chi connectivity index (χ1) is 8.49. The Labute approximate surface area is 107 Å². The Morgan fingerprint density at radius 3 is 2.61 bits per heavy atom. The highest BCUT2D eigenvalue weighted by atomic mass is 19.3. The molecule has 3 fully saturated rings. The van der Waals surface area contributed by atoms with Crippen molar-refractivity contribution in [1.82, 2.24) is 0 Å². The Balaban J connectivity index is 1.63. The first-order valence-corrected chi connectivity index (χ1v) is 7.27. The van der Waals surface area contributed by atoms with E-state index in [-0.39, 0.29) is 30.4 Å². The van der Waals surface area contributed by atoms with E-state index < -0.39 is 5.92 Å². The predicted molar refractivity (Wildman–Crippen MR) is 65.5 cm³/mol. The Kier molecular flexibility index (Phi) is 3.14. The molecule has 3 unspecified atom stereocenters. The number of nitrogens with two attached hydrogens (primary N) is 1. The lowest BCUT2D eigenvalue weighted by molar-refractivity contribution is -0.0590. The molecule has 0 aromatic heterocycles. The van der Waals surface area contributed by atoms with Crippen LogP contribution in [0.25, 0.3) is 0 Å². The molecule has 2 nitrogen and oxygen atoms in total. The minimum atomic E-state index is -2.46. The van der Waals surface area contributed by atoms with E-state index in [1.54, 1.807) is 0 Å². The average Bonchev–Trinajstić information content (AvgIpc) is 3.01. The van der Waals surface area contributed by atoms with E-state index in [0.717, 1.165) is 19.3 Å². The van der Waals surface area contributed by atoms with Crippen LogP contribution in [-0.2, 0) is 4.74 Å². The van der Waals surface area contributed by atoms with Crippen LogP contribution < -0.4 is 5.73 Å². The van der Waals surface area contributed by atoms with Crippen LogP contribution in [0.1, 0.15) is 51.4 Å². The fourth-order valence-electron chi connectivity index (χ4n) is 3.89. The highest BCUT2D eigenvalue weighted by molar-refractivity contribution is 5.04. The Bertz CT molecular complexity index is 319. The quantitative estimate of drug-likeness (QED) is 0.845. The summed E-state index contributed by atoms with van der Waals surface area (Å²) in [7, 11) is 0. The minimum absolute atomic E-state index is 0.0311. The molecule has 3 rings (SSSR count). The molecule has 1 heterocycles. The Morgan fingerprint density at radius 2 is 1.94 bits per heavy atom. The third-order valence-corrected chi connectivity index (χ3v) is 4.89. The second kappa shape index (κ2) is 4.41. The number of alkyl halides is 2. The van der Waals surface area contributed by atoms with Gasteiger partial charge < -0.3 is 10.5 Å². The van der Waals surface area contributed by atoms with E-state index >= 15 is 0 Å². The average molecular weight is 259 g/mol. The van der Waals surface area contributed by atoms with Gasteiger partial charge in [0.2, 0.25) is 5.92 Å².